The number of hydrogen-bond donors (Lipinski definition) is 2. The number of aromatic nitrogens is 5. The first-order chi connectivity index (χ1) is 21.3. The minimum absolute atomic E-state index is 0.000144. The summed E-state index contributed by atoms with van der Waals surface area (Å²) in [6.07, 6.45) is 1.22. The second-order valence-corrected chi connectivity index (χ2v) is 13.5. The van der Waals surface area contributed by atoms with Crippen LogP contribution in [-0.4, -0.2) is 49.1 Å². The summed E-state index contributed by atoms with van der Waals surface area (Å²) in [6.45, 7) is 1.80. The van der Waals surface area contributed by atoms with E-state index in [1.807, 2.05) is 0 Å². The number of aliphatic carboxylic acids is 1. The van der Waals surface area contributed by atoms with Gasteiger partial charge in [0.25, 0.3) is 10.0 Å². The summed E-state index contributed by atoms with van der Waals surface area (Å²) in [5, 5.41) is 17.4. The number of alkyl halides is 3. The molecule has 0 radical (unpaired) electrons. The lowest BCUT2D eigenvalue weighted by atomic mass is 9.61. The zero-order chi connectivity index (χ0) is 31.8. The van der Waals surface area contributed by atoms with E-state index in [1.165, 1.54) is 12.1 Å². The number of carboxylic acid groups (broad SMARTS) is 1. The van der Waals surface area contributed by atoms with Crippen molar-refractivity contribution >= 4 is 38.4 Å². The topological polar surface area (TPSA) is 131 Å². The molecular formula is C30H26F4N6O4S. The molecule has 3 aliphatic carbocycles. The van der Waals surface area contributed by atoms with Crippen molar-refractivity contribution in [2.45, 2.75) is 49.7 Å². The lowest BCUT2D eigenvalue weighted by molar-refractivity contribution is -0.148. The van der Waals surface area contributed by atoms with E-state index in [2.05, 4.69) is 20.4 Å². The third-order valence-electron chi connectivity index (χ3n) is 9.02. The maximum atomic E-state index is 14.5. The monoisotopic (exact) mass is 642 g/mol. The Morgan fingerprint density at radius 2 is 1.76 bits per heavy atom. The van der Waals surface area contributed by atoms with Gasteiger partial charge in [0.15, 0.2) is 17.3 Å². The Labute approximate surface area is 253 Å². The van der Waals surface area contributed by atoms with Crippen molar-refractivity contribution in [1.82, 2.24) is 23.6 Å². The van der Waals surface area contributed by atoms with Gasteiger partial charge in [-0.2, -0.15) is 13.2 Å². The fraction of sp³-hybridized carbons (Fsp3) is 0.333. The lowest BCUT2D eigenvalue weighted by Crippen LogP contribution is -2.51. The molecule has 2 atom stereocenters. The molecule has 45 heavy (non-hydrogen) atoms. The minimum atomic E-state index is -4.78. The molecule has 15 heteroatoms. The number of carbonyl (C=O) groups is 1. The smallest absolute Gasteiger partial charge is 0.418 e. The van der Waals surface area contributed by atoms with E-state index in [4.69, 9.17) is 0 Å². The van der Waals surface area contributed by atoms with Gasteiger partial charge in [-0.1, -0.05) is 17.7 Å². The quantitative estimate of drug-likeness (QED) is 0.224. The zero-order valence-corrected chi connectivity index (χ0v) is 24.5. The number of hydrogen-bond acceptors (Lipinski definition) is 7. The standard InChI is InChI=1S/C30H26F4N6O4S/c1-15-2-8-19(9-3-15)45(43,44)40-14-21(20-12-18(31)13-35-28(20)40)26-37-27(25-22(30(32,33)34)10-11-39(25)38-26)36-24-17-6-4-16(5-7-17)23(24)29(41)42/h2-3,8-14,16-17,23-24H,4-7H2,1H3,(H,41,42)(H,36,37,38)/t16?,17?,23-,24-/m0/s1. The number of pyridine rings is 1. The lowest BCUT2D eigenvalue weighted by Gasteiger charge is -2.47. The molecule has 1 aromatic carbocycles. The summed E-state index contributed by atoms with van der Waals surface area (Å²) in [4.78, 5) is 20.7. The van der Waals surface area contributed by atoms with Gasteiger partial charge in [-0.15, -0.1) is 5.10 Å². The van der Waals surface area contributed by atoms with Crippen molar-refractivity contribution in [3.63, 3.8) is 0 Å². The van der Waals surface area contributed by atoms with E-state index in [0.29, 0.717) is 0 Å². The van der Waals surface area contributed by atoms with Gasteiger partial charge in [0.1, 0.15) is 11.3 Å². The molecule has 2 bridgehead atoms. The zero-order valence-electron chi connectivity index (χ0n) is 23.7. The number of nitrogens with one attached hydrogen (secondary N) is 1. The van der Waals surface area contributed by atoms with Crippen LogP contribution in [0, 0.1) is 30.5 Å². The van der Waals surface area contributed by atoms with Crippen LogP contribution in [0.1, 0.15) is 36.8 Å². The number of halogens is 4. The van der Waals surface area contributed by atoms with Gasteiger partial charge in [-0.05, 0) is 68.7 Å². The van der Waals surface area contributed by atoms with Crippen LogP contribution in [0.4, 0.5) is 23.4 Å². The van der Waals surface area contributed by atoms with Gasteiger partial charge in [0, 0.05) is 29.4 Å². The third kappa shape index (κ3) is 4.80. The first-order valence-corrected chi connectivity index (χ1v) is 15.7. The van der Waals surface area contributed by atoms with E-state index in [0.717, 1.165) is 70.5 Å². The predicted octanol–water partition coefficient (Wildman–Crippen LogP) is 5.75. The first kappa shape index (κ1) is 29.2. The van der Waals surface area contributed by atoms with Crippen LogP contribution in [0.15, 0.2) is 59.9 Å². The Hall–Kier alpha value is -4.53. The van der Waals surface area contributed by atoms with Gasteiger partial charge < -0.3 is 10.4 Å². The summed E-state index contributed by atoms with van der Waals surface area (Å²) in [7, 11) is -4.26. The van der Waals surface area contributed by atoms with Crippen LogP contribution < -0.4 is 5.32 Å². The first-order valence-electron chi connectivity index (χ1n) is 14.3. The number of aryl methyl sites for hydroxylation is 1. The normalized spacial score (nSPS) is 21.9. The molecule has 8 rings (SSSR count). The molecule has 3 saturated carbocycles. The molecule has 0 saturated heterocycles. The van der Waals surface area contributed by atoms with Crippen molar-refractivity contribution in [3.8, 4) is 11.4 Å². The van der Waals surface area contributed by atoms with Crippen LogP contribution in [0.3, 0.4) is 0 Å². The van der Waals surface area contributed by atoms with E-state index < -0.39 is 51.0 Å². The van der Waals surface area contributed by atoms with E-state index in [-0.39, 0.29) is 45.0 Å². The summed E-state index contributed by atoms with van der Waals surface area (Å²) in [5.41, 5.74) is -0.738. The predicted molar refractivity (Wildman–Crippen MR) is 154 cm³/mol. The summed E-state index contributed by atoms with van der Waals surface area (Å²) < 4.78 is 86.2. The van der Waals surface area contributed by atoms with Crippen LogP contribution in [-0.2, 0) is 21.0 Å². The van der Waals surface area contributed by atoms with Crippen molar-refractivity contribution in [3.05, 3.63) is 71.9 Å². The molecule has 4 heterocycles. The number of anilines is 1. The number of carboxylic acids is 1. The number of benzene rings is 1. The average Bonchev–Trinajstić information content (AvgIpc) is 3.60. The highest BCUT2D eigenvalue weighted by molar-refractivity contribution is 7.90. The number of nitrogens with zero attached hydrogens (tertiary/aromatic N) is 5. The second-order valence-electron chi connectivity index (χ2n) is 11.7. The van der Waals surface area contributed by atoms with E-state index in [9.17, 15) is 35.9 Å². The van der Waals surface area contributed by atoms with Crippen LogP contribution in [0.5, 0.6) is 0 Å². The van der Waals surface area contributed by atoms with Gasteiger partial charge in [0.05, 0.1) is 22.6 Å². The van der Waals surface area contributed by atoms with Crippen LogP contribution in [0.25, 0.3) is 27.9 Å². The number of fused-ring (bicyclic) bond motifs is 5. The fourth-order valence-electron chi connectivity index (χ4n) is 6.88. The van der Waals surface area contributed by atoms with Crippen molar-refractivity contribution in [2.24, 2.45) is 17.8 Å². The van der Waals surface area contributed by atoms with Crippen molar-refractivity contribution < 1.29 is 35.9 Å². The highest BCUT2D eigenvalue weighted by Gasteiger charge is 2.48. The maximum Gasteiger partial charge on any atom is 0.418 e. The Balaban J connectivity index is 1.43. The molecule has 234 valence electrons. The Morgan fingerprint density at radius 1 is 1.07 bits per heavy atom. The van der Waals surface area contributed by atoms with Crippen molar-refractivity contribution in [2.75, 3.05) is 5.32 Å². The molecular weight excluding hydrogens is 616 g/mol. The largest absolute Gasteiger partial charge is 0.481 e. The molecule has 3 fully saturated rings. The van der Waals surface area contributed by atoms with Crippen LogP contribution >= 0.6 is 0 Å². The molecule has 0 amide bonds. The van der Waals surface area contributed by atoms with Gasteiger partial charge in [0.2, 0.25) is 0 Å². The van der Waals surface area contributed by atoms with Crippen LogP contribution in [0.2, 0.25) is 0 Å². The maximum absolute atomic E-state index is 14.5. The van der Waals surface area contributed by atoms with Crippen molar-refractivity contribution in [1.29, 1.82) is 0 Å². The highest BCUT2D eigenvalue weighted by atomic mass is 32.2. The Kier molecular flexibility index (Phi) is 6.65. The molecule has 10 nitrogen and oxygen atoms in total. The molecule has 3 aliphatic rings. The minimum Gasteiger partial charge on any atom is -0.481 e. The fourth-order valence-corrected chi connectivity index (χ4v) is 8.20. The molecule has 4 aromatic heterocycles. The molecule has 5 aromatic rings. The molecule has 2 N–H and O–H groups in total. The Bertz CT molecular complexity index is 2080. The van der Waals surface area contributed by atoms with E-state index >= 15 is 0 Å². The number of rotatable bonds is 6. The molecule has 0 unspecified atom stereocenters. The SMILES string of the molecule is Cc1ccc(S(=O)(=O)n2cc(-c3nc(N[C@H]4C5CCC(CC5)[C@@H]4C(=O)O)c4c(C(F)(F)F)ccn4n3)c3cc(F)cnc32)cc1. The molecule has 0 spiro atoms. The summed E-state index contributed by atoms with van der Waals surface area (Å²) in [5.74, 6) is -3.35. The summed E-state index contributed by atoms with van der Waals surface area (Å²) in [6, 6.07) is 7.27. The van der Waals surface area contributed by atoms with Gasteiger partial charge >= 0.3 is 12.1 Å². The van der Waals surface area contributed by atoms with Gasteiger partial charge in [-0.3, -0.25) is 4.79 Å². The molecule has 0 aliphatic heterocycles. The van der Waals surface area contributed by atoms with Gasteiger partial charge in [-0.25, -0.2) is 31.3 Å². The Morgan fingerprint density at radius 3 is 2.42 bits per heavy atom. The average molecular weight is 643 g/mol. The van der Waals surface area contributed by atoms with E-state index in [1.54, 1.807) is 19.1 Å². The second kappa shape index (κ2) is 10.3. The third-order valence-corrected chi connectivity index (χ3v) is 10.7. The summed E-state index contributed by atoms with van der Waals surface area (Å²) >= 11 is 0. The highest BCUT2D eigenvalue weighted by Crippen LogP contribution is 2.47.